The Morgan fingerprint density at radius 3 is 1.79 bits per heavy atom. The van der Waals surface area contributed by atoms with Gasteiger partial charge in [-0.25, -0.2) is 0 Å². The number of carbonyl (C=O) groups excluding carboxylic acids is 1. The number of aliphatic hydroxyl groups is 3. The number of hydrogen-bond acceptors (Lipinski definition) is 8. The first-order valence-corrected chi connectivity index (χ1v) is 15.6. The van der Waals surface area contributed by atoms with Crippen molar-refractivity contribution >= 4 is 11.9 Å². The summed E-state index contributed by atoms with van der Waals surface area (Å²) >= 11 is 0. The third-order valence-electron chi connectivity index (χ3n) is 7.29. The van der Waals surface area contributed by atoms with Crippen LogP contribution >= 0.6 is 0 Å². The summed E-state index contributed by atoms with van der Waals surface area (Å²) in [6.45, 7) is 4.77. The minimum Gasteiger partial charge on any atom is -0.481 e. The third-order valence-corrected chi connectivity index (χ3v) is 7.29. The van der Waals surface area contributed by atoms with Crippen molar-refractivity contribution in [2.24, 2.45) is 11.7 Å². The molecule has 0 rings (SSSR count). The molecule has 0 radical (unpaired) electrons. The number of carbonyl (C=O) groups is 2. The summed E-state index contributed by atoms with van der Waals surface area (Å²) in [7, 11) is 0. The van der Waals surface area contributed by atoms with Crippen molar-refractivity contribution in [1.29, 1.82) is 0 Å². The lowest BCUT2D eigenvalue weighted by atomic mass is 9.94. The molecule has 0 aromatic heterocycles. The second-order valence-corrected chi connectivity index (χ2v) is 11.1. The van der Waals surface area contributed by atoms with Crippen molar-refractivity contribution in [1.82, 2.24) is 4.90 Å². The van der Waals surface area contributed by atoms with Crippen LogP contribution < -0.4 is 5.73 Å². The summed E-state index contributed by atoms with van der Waals surface area (Å²) < 4.78 is 4.92. The minimum atomic E-state index is -0.949. The van der Waals surface area contributed by atoms with Crippen molar-refractivity contribution in [3.63, 3.8) is 0 Å². The highest BCUT2D eigenvalue weighted by Gasteiger charge is 2.23. The Kier molecular flexibility index (Phi) is 24.9. The maximum Gasteiger partial charge on any atom is 0.322 e. The molecule has 0 aliphatic heterocycles. The smallest absolute Gasteiger partial charge is 0.322 e. The fourth-order valence-electron chi connectivity index (χ4n) is 4.95. The van der Waals surface area contributed by atoms with E-state index in [0.29, 0.717) is 32.2 Å². The summed E-state index contributed by atoms with van der Waals surface area (Å²) in [5, 5.41) is 39.5. The summed E-state index contributed by atoms with van der Waals surface area (Å²) in [4.78, 5) is 25.3. The largest absolute Gasteiger partial charge is 0.481 e. The molecule has 9 nitrogen and oxygen atoms in total. The SMILES string of the molecule is CCCCCCCCCCCCCCC(CC(O)CN(CCCCC(N)C(=O)OCC)CC(O)CO)C(=O)O. The van der Waals surface area contributed by atoms with Gasteiger partial charge < -0.3 is 30.9 Å². The van der Waals surface area contributed by atoms with Gasteiger partial charge in [0.15, 0.2) is 0 Å². The number of rotatable bonds is 28. The number of nitrogens with zero attached hydrogens (tertiary/aromatic N) is 1. The zero-order valence-electron chi connectivity index (χ0n) is 24.9. The first kappa shape index (κ1) is 37.7. The average molecular weight is 561 g/mol. The van der Waals surface area contributed by atoms with E-state index in [2.05, 4.69) is 6.92 Å². The quantitative estimate of drug-likeness (QED) is 0.0698. The number of carboxylic acids is 1. The van der Waals surface area contributed by atoms with Gasteiger partial charge in [-0.2, -0.15) is 0 Å². The maximum atomic E-state index is 11.8. The van der Waals surface area contributed by atoms with Gasteiger partial charge in [0.1, 0.15) is 6.04 Å². The number of ether oxygens (including phenoxy) is 1. The van der Waals surface area contributed by atoms with E-state index < -0.39 is 42.7 Å². The number of esters is 1. The van der Waals surface area contributed by atoms with E-state index in [9.17, 15) is 30.0 Å². The van der Waals surface area contributed by atoms with Crippen LogP contribution in [0.2, 0.25) is 0 Å². The van der Waals surface area contributed by atoms with Gasteiger partial charge in [-0.3, -0.25) is 14.5 Å². The molecule has 0 saturated heterocycles. The standard InChI is InChI=1S/C30H60N2O7/c1-3-5-6-7-8-9-10-11-12-13-14-15-18-25(29(36)37)21-26(34)22-32(23-27(35)24-33)20-17-16-19-28(31)30(38)39-4-2/h25-28,33-35H,3-24,31H2,1-2H3,(H,36,37). The van der Waals surface area contributed by atoms with Gasteiger partial charge >= 0.3 is 11.9 Å². The van der Waals surface area contributed by atoms with Crippen molar-refractivity contribution in [2.45, 2.75) is 141 Å². The molecule has 9 heteroatoms. The molecule has 39 heavy (non-hydrogen) atoms. The van der Waals surface area contributed by atoms with E-state index in [-0.39, 0.29) is 26.1 Å². The van der Waals surface area contributed by atoms with E-state index in [4.69, 9.17) is 10.5 Å². The Labute approximate surface area is 237 Å². The number of aliphatic carboxylic acids is 1. The van der Waals surface area contributed by atoms with Gasteiger partial charge in [0.05, 0.1) is 31.3 Å². The molecule has 0 spiro atoms. The number of aliphatic hydroxyl groups excluding tert-OH is 3. The molecule has 0 aliphatic rings. The van der Waals surface area contributed by atoms with Crippen LogP contribution in [0.3, 0.4) is 0 Å². The number of nitrogens with two attached hydrogens (primary N) is 1. The number of unbranched alkanes of at least 4 members (excludes halogenated alkanes) is 12. The van der Waals surface area contributed by atoms with E-state index >= 15 is 0 Å². The molecular weight excluding hydrogens is 500 g/mol. The highest BCUT2D eigenvalue weighted by molar-refractivity contribution is 5.75. The summed E-state index contributed by atoms with van der Waals surface area (Å²) in [6.07, 6.45) is 15.4. The third kappa shape index (κ3) is 22.2. The fraction of sp³-hybridized carbons (Fsp3) is 0.933. The van der Waals surface area contributed by atoms with E-state index in [1.807, 2.05) is 4.90 Å². The lowest BCUT2D eigenvalue weighted by molar-refractivity contribution is -0.145. The lowest BCUT2D eigenvalue weighted by Crippen LogP contribution is -2.41. The van der Waals surface area contributed by atoms with Gasteiger partial charge in [0.2, 0.25) is 0 Å². The Morgan fingerprint density at radius 1 is 0.769 bits per heavy atom. The molecule has 0 saturated carbocycles. The van der Waals surface area contributed by atoms with Crippen LogP contribution in [-0.4, -0.2) is 88.4 Å². The Balaban J connectivity index is 4.32. The Hall–Kier alpha value is -1.26. The minimum absolute atomic E-state index is 0.160. The van der Waals surface area contributed by atoms with Gasteiger partial charge in [-0.1, -0.05) is 90.4 Å². The fourth-order valence-corrected chi connectivity index (χ4v) is 4.95. The molecule has 0 heterocycles. The molecule has 0 amide bonds. The molecule has 4 atom stereocenters. The van der Waals surface area contributed by atoms with E-state index in [0.717, 1.165) is 19.3 Å². The average Bonchev–Trinajstić information content (AvgIpc) is 2.90. The summed E-state index contributed by atoms with van der Waals surface area (Å²) in [6, 6.07) is -0.677. The lowest BCUT2D eigenvalue weighted by Gasteiger charge is -2.28. The first-order chi connectivity index (χ1) is 18.7. The topological polar surface area (TPSA) is 154 Å². The summed E-state index contributed by atoms with van der Waals surface area (Å²) in [5.74, 6) is -1.91. The predicted octanol–water partition coefficient (Wildman–Crippen LogP) is 4.25. The van der Waals surface area contributed by atoms with Crippen LogP contribution in [0, 0.1) is 5.92 Å². The highest BCUT2D eigenvalue weighted by Crippen LogP contribution is 2.19. The highest BCUT2D eigenvalue weighted by atomic mass is 16.5. The van der Waals surface area contributed by atoms with Gasteiger partial charge in [0.25, 0.3) is 0 Å². The van der Waals surface area contributed by atoms with Crippen LogP contribution in [0.15, 0.2) is 0 Å². The zero-order valence-corrected chi connectivity index (χ0v) is 24.9. The van der Waals surface area contributed by atoms with E-state index in [1.54, 1.807) is 6.92 Å². The van der Waals surface area contributed by atoms with Gasteiger partial charge in [0, 0.05) is 13.1 Å². The molecular formula is C30H60N2O7. The van der Waals surface area contributed by atoms with Gasteiger partial charge in [-0.05, 0) is 39.2 Å². The van der Waals surface area contributed by atoms with Crippen LogP contribution in [0.1, 0.15) is 123 Å². The molecule has 4 unspecified atom stereocenters. The van der Waals surface area contributed by atoms with Crippen molar-refractivity contribution in [3.8, 4) is 0 Å². The molecule has 0 aliphatic carbocycles. The van der Waals surface area contributed by atoms with Crippen LogP contribution in [0.25, 0.3) is 0 Å². The van der Waals surface area contributed by atoms with Crippen molar-refractivity contribution in [2.75, 3.05) is 32.8 Å². The zero-order chi connectivity index (χ0) is 29.3. The second-order valence-electron chi connectivity index (χ2n) is 11.1. The van der Waals surface area contributed by atoms with Gasteiger partial charge in [-0.15, -0.1) is 0 Å². The monoisotopic (exact) mass is 560 g/mol. The normalized spacial score (nSPS) is 14.7. The Bertz CT molecular complexity index is 594. The molecule has 0 fully saturated rings. The molecule has 0 aromatic carbocycles. The van der Waals surface area contributed by atoms with Crippen molar-refractivity contribution in [3.05, 3.63) is 0 Å². The molecule has 232 valence electrons. The maximum absolute atomic E-state index is 11.8. The van der Waals surface area contributed by atoms with Crippen LogP contribution in [0.4, 0.5) is 0 Å². The first-order valence-electron chi connectivity index (χ1n) is 15.6. The van der Waals surface area contributed by atoms with Crippen LogP contribution in [0.5, 0.6) is 0 Å². The van der Waals surface area contributed by atoms with Crippen LogP contribution in [-0.2, 0) is 14.3 Å². The molecule has 0 aromatic rings. The van der Waals surface area contributed by atoms with Crippen molar-refractivity contribution < 1.29 is 34.8 Å². The predicted molar refractivity (Wildman–Crippen MR) is 155 cm³/mol. The van der Waals surface area contributed by atoms with E-state index in [1.165, 1.54) is 57.8 Å². The molecule has 6 N–H and O–H groups in total. The second kappa shape index (κ2) is 25.7. The summed E-state index contributed by atoms with van der Waals surface area (Å²) in [5.41, 5.74) is 5.83. The molecule has 0 bridgehead atoms. The Morgan fingerprint density at radius 2 is 1.28 bits per heavy atom. The number of hydrogen-bond donors (Lipinski definition) is 5. The number of carboxylic acid groups (broad SMARTS) is 1.